The van der Waals surface area contributed by atoms with Crippen LogP contribution in [-0.2, 0) is 25.5 Å². The lowest BCUT2D eigenvalue weighted by Crippen LogP contribution is -2.50. The number of rotatable bonds is 14. The number of halogens is 1. The molecule has 1 amide bonds. The fraction of sp³-hybridized carbons (Fsp3) is 0.522. The van der Waals surface area contributed by atoms with Crippen LogP contribution in [0.1, 0.15) is 44.1 Å². The first-order valence-electron chi connectivity index (χ1n) is 11.5. The molecule has 10 nitrogen and oxygen atoms in total. The number of hydrogen-bond acceptors (Lipinski definition) is 8. The average Bonchev–Trinajstić information content (AvgIpc) is 3.19. The van der Waals surface area contributed by atoms with Gasteiger partial charge in [0.1, 0.15) is 17.9 Å². The third-order valence-corrected chi connectivity index (χ3v) is 5.53. The van der Waals surface area contributed by atoms with Crippen LogP contribution in [0.15, 0.2) is 24.4 Å². The third-order valence-electron chi connectivity index (χ3n) is 5.53. The number of esters is 2. The van der Waals surface area contributed by atoms with E-state index in [9.17, 15) is 18.8 Å². The first-order chi connectivity index (χ1) is 16.3. The maximum Gasteiger partial charge on any atom is 0.336 e. The Morgan fingerprint density at radius 1 is 0.971 bits per heavy atom. The monoisotopic (exact) mass is 478 g/mol. The molecule has 188 valence electrons. The van der Waals surface area contributed by atoms with Gasteiger partial charge in [-0.1, -0.05) is 6.42 Å². The molecule has 0 radical (unpaired) electrons. The number of hydrogen-bond donors (Lipinski definition) is 6. The molecule has 0 saturated heterocycles. The van der Waals surface area contributed by atoms with Crippen molar-refractivity contribution in [3.05, 3.63) is 35.8 Å². The van der Waals surface area contributed by atoms with Gasteiger partial charge in [0.15, 0.2) is 0 Å². The normalized spacial score (nSPS) is 13.9. The molecule has 0 aliphatic rings. The number of benzene rings is 1. The van der Waals surface area contributed by atoms with Crippen molar-refractivity contribution in [2.45, 2.75) is 63.1 Å². The summed E-state index contributed by atoms with van der Waals surface area (Å²) in [6.07, 6.45) is 4.83. The van der Waals surface area contributed by atoms with Gasteiger partial charge in [0.2, 0.25) is 5.91 Å². The van der Waals surface area contributed by atoms with Crippen LogP contribution in [0.25, 0.3) is 10.9 Å². The fourth-order valence-electron chi connectivity index (χ4n) is 3.54. The van der Waals surface area contributed by atoms with E-state index in [1.54, 1.807) is 12.3 Å². The Balaban J connectivity index is 2.00. The van der Waals surface area contributed by atoms with Crippen LogP contribution in [-0.4, -0.2) is 54.0 Å². The molecule has 2 rings (SSSR count). The summed E-state index contributed by atoms with van der Waals surface area (Å²) in [5.74, 6) is -2.75. The molecule has 11 heteroatoms. The quantitative estimate of drug-likeness (QED) is 0.127. The SMILES string of the molecule is NCCCC[C@H](NC(=O)[C@@H](N)Cc1c[nH]c2ccc(F)cc12)C(=O)OC(=O)[C@@H](N)CCCCN. The Morgan fingerprint density at radius 3 is 2.32 bits per heavy atom. The van der Waals surface area contributed by atoms with E-state index >= 15 is 0 Å². The van der Waals surface area contributed by atoms with Gasteiger partial charge in [0, 0.05) is 17.1 Å². The summed E-state index contributed by atoms with van der Waals surface area (Å²) in [5, 5.41) is 3.19. The van der Waals surface area contributed by atoms with E-state index in [0.29, 0.717) is 61.7 Å². The molecule has 0 aliphatic heterocycles. The summed E-state index contributed by atoms with van der Waals surface area (Å²) in [5.41, 5.74) is 24.2. The highest BCUT2D eigenvalue weighted by atomic mass is 19.1. The second-order valence-corrected chi connectivity index (χ2v) is 8.29. The molecule has 0 unspecified atom stereocenters. The number of aromatic amines is 1. The Kier molecular flexibility index (Phi) is 11.1. The van der Waals surface area contributed by atoms with Crippen LogP contribution < -0.4 is 28.3 Å². The number of carbonyl (C=O) groups excluding carboxylic acids is 3. The second kappa shape index (κ2) is 13.8. The van der Waals surface area contributed by atoms with Crippen LogP contribution in [0.2, 0.25) is 0 Å². The molecule has 0 spiro atoms. The van der Waals surface area contributed by atoms with Crippen LogP contribution >= 0.6 is 0 Å². The highest BCUT2D eigenvalue weighted by Crippen LogP contribution is 2.20. The number of ether oxygens (including phenoxy) is 1. The van der Waals surface area contributed by atoms with Crippen molar-refractivity contribution in [1.29, 1.82) is 0 Å². The summed E-state index contributed by atoms with van der Waals surface area (Å²) in [6.45, 7) is 0.890. The lowest BCUT2D eigenvalue weighted by atomic mass is 10.0. The molecular weight excluding hydrogens is 443 g/mol. The highest BCUT2D eigenvalue weighted by molar-refractivity contribution is 5.94. The van der Waals surface area contributed by atoms with Gasteiger partial charge >= 0.3 is 11.9 Å². The summed E-state index contributed by atoms with van der Waals surface area (Å²) in [6, 6.07) is 1.24. The molecule has 34 heavy (non-hydrogen) atoms. The number of fused-ring (bicyclic) bond motifs is 1. The molecule has 0 saturated carbocycles. The molecule has 1 heterocycles. The Labute approximate surface area is 197 Å². The first kappa shape index (κ1) is 27.4. The van der Waals surface area contributed by atoms with E-state index < -0.39 is 41.8 Å². The minimum absolute atomic E-state index is 0.116. The van der Waals surface area contributed by atoms with Gasteiger partial charge in [0.25, 0.3) is 0 Å². The topological polar surface area (TPSA) is 192 Å². The van der Waals surface area contributed by atoms with Crippen molar-refractivity contribution in [3.8, 4) is 0 Å². The van der Waals surface area contributed by atoms with E-state index in [1.165, 1.54) is 12.1 Å². The Hall–Kier alpha value is -2.86. The van der Waals surface area contributed by atoms with Gasteiger partial charge in [-0.05, 0) is 75.4 Å². The largest absolute Gasteiger partial charge is 0.390 e. The number of aromatic nitrogens is 1. The van der Waals surface area contributed by atoms with Gasteiger partial charge in [0.05, 0.1) is 6.04 Å². The number of carbonyl (C=O) groups is 3. The van der Waals surface area contributed by atoms with Crippen LogP contribution in [0, 0.1) is 5.82 Å². The van der Waals surface area contributed by atoms with Gasteiger partial charge < -0.3 is 38.0 Å². The van der Waals surface area contributed by atoms with Crippen molar-refractivity contribution in [1.82, 2.24) is 10.3 Å². The standard InChI is InChI=1S/C23H35FN6O4/c24-15-7-8-19-16(12-15)14(13-29-19)11-18(28)21(31)30-20(6-2-4-10-26)23(33)34-22(32)17(27)5-1-3-9-25/h7-8,12-13,17-18,20,29H,1-6,9-11,25-28H2,(H,30,31)/t17-,18-,20-/m0/s1. The molecule has 1 aromatic heterocycles. The molecule has 0 aliphatic carbocycles. The van der Waals surface area contributed by atoms with Gasteiger partial charge in [-0.3, -0.25) is 4.79 Å². The van der Waals surface area contributed by atoms with E-state index in [-0.39, 0.29) is 12.8 Å². The molecule has 0 bridgehead atoms. The summed E-state index contributed by atoms with van der Waals surface area (Å²) >= 11 is 0. The van der Waals surface area contributed by atoms with Crippen LogP contribution in [0.5, 0.6) is 0 Å². The van der Waals surface area contributed by atoms with Gasteiger partial charge in [-0.15, -0.1) is 0 Å². The first-order valence-corrected chi connectivity index (χ1v) is 11.5. The summed E-state index contributed by atoms with van der Waals surface area (Å²) in [7, 11) is 0. The number of amides is 1. The maximum atomic E-state index is 13.6. The Morgan fingerprint density at radius 2 is 1.65 bits per heavy atom. The minimum Gasteiger partial charge on any atom is -0.390 e. The number of unbranched alkanes of at least 4 members (excludes halogenated alkanes) is 2. The van der Waals surface area contributed by atoms with E-state index in [1.807, 2.05) is 0 Å². The molecule has 2 aromatic rings. The summed E-state index contributed by atoms with van der Waals surface area (Å²) in [4.78, 5) is 40.5. The Bertz CT molecular complexity index is 966. The van der Waals surface area contributed by atoms with Crippen molar-refractivity contribution in [3.63, 3.8) is 0 Å². The van der Waals surface area contributed by atoms with Crippen LogP contribution in [0.3, 0.4) is 0 Å². The molecule has 0 fully saturated rings. The smallest absolute Gasteiger partial charge is 0.336 e. The fourth-order valence-corrected chi connectivity index (χ4v) is 3.54. The van der Waals surface area contributed by atoms with Crippen molar-refractivity contribution >= 4 is 28.7 Å². The lowest BCUT2D eigenvalue weighted by Gasteiger charge is -2.20. The van der Waals surface area contributed by atoms with Gasteiger partial charge in [-0.25, -0.2) is 14.0 Å². The van der Waals surface area contributed by atoms with Crippen molar-refractivity contribution in [2.75, 3.05) is 13.1 Å². The number of nitrogens with one attached hydrogen (secondary N) is 2. The van der Waals surface area contributed by atoms with E-state index in [2.05, 4.69) is 10.3 Å². The third kappa shape index (κ3) is 8.17. The molecule has 10 N–H and O–H groups in total. The summed E-state index contributed by atoms with van der Waals surface area (Å²) < 4.78 is 18.5. The zero-order chi connectivity index (χ0) is 25.1. The van der Waals surface area contributed by atoms with Crippen molar-refractivity contribution in [2.24, 2.45) is 22.9 Å². The van der Waals surface area contributed by atoms with E-state index in [0.717, 1.165) is 0 Å². The zero-order valence-electron chi connectivity index (χ0n) is 19.2. The van der Waals surface area contributed by atoms with Gasteiger partial charge in [-0.2, -0.15) is 0 Å². The minimum atomic E-state index is -1.08. The predicted molar refractivity (Wildman–Crippen MR) is 127 cm³/mol. The maximum absolute atomic E-state index is 13.6. The second-order valence-electron chi connectivity index (χ2n) is 8.29. The number of H-pyrrole nitrogens is 1. The zero-order valence-corrected chi connectivity index (χ0v) is 19.2. The number of nitrogens with two attached hydrogens (primary N) is 4. The average molecular weight is 479 g/mol. The van der Waals surface area contributed by atoms with E-state index in [4.69, 9.17) is 27.7 Å². The van der Waals surface area contributed by atoms with Crippen molar-refractivity contribution < 1.29 is 23.5 Å². The highest BCUT2D eigenvalue weighted by Gasteiger charge is 2.28. The molecular formula is C23H35FN6O4. The predicted octanol–water partition coefficient (Wildman–Crippen LogP) is 0.317. The van der Waals surface area contributed by atoms with Crippen LogP contribution in [0.4, 0.5) is 4.39 Å². The molecule has 3 atom stereocenters. The lowest BCUT2D eigenvalue weighted by molar-refractivity contribution is -0.163. The molecule has 1 aromatic carbocycles.